The Morgan fingerprint density at radius 2 is 2.00 bits per heavy atom. The van der Waals surface area contributed by atoms with Crippen LogP contribution >= 0.6 is 0 Å². The fourth-order valence-electron chi connectivity index (χ4n) is 0.832. The summed E-state index contributed by atoms with van der Waals surface area (Å²) in [5.74, 6) is -2.30. The number of aliphatic carboxylic acids is 1. The topological polar surface area (TPSA) is 80.4 Å². The summed E-state index contributed by atoms with van der Waals surface area (Å²) in [6.07, 6.45) is 1.33. The summed E-state index contributed by atoms with van der Waals surface area (Å²) in [6.45, 7) is 3.58. The number of nitrogens with two attached hydrogens (primary N) is 1. The molecule has 0 rings (SSSR count). The van der Waals surface area contributed by atoms with Gasteiger partial charge in [-0.25, -0.2) is 0 Å². The zero-order valence-corrected chi connectivity index (χ0v) is 7.20. The lowest BCUT2D eigenvalue weighted by Gasteiger charge is -2.05. The van der Waals surface area contributed by atoms with Gasteiger partial charge in [0.05, 0.1) is 12.3 Å². The molecule has 0 aromatic rings. The van der Waals surface area contributed by atoms with Crippen LogP contribution in [0.2, 0.25) is 0 Å². The first-order valence-electron chi connectivity index (χ1n) is 3.59. The molecule has 0 aromatic carbocycles. The number of amides is 1. The molecule has 0 aliphatic heterocycles. The number of allylic oxidation sites excluding steroid dienone is 1. The maximum Gasteiger partial charge on any atom is 0.304 e. The number of carboxylic acids is 1. The largest absolute Gasteiger partial charge is 0.481 e. The molecule has 0 fully saturated rings. The Morgan fingerprint density at radius 3 is 2.25 bits per heavy atom. The fraction of sp³-hybridized carbons (Fsp3) is 0.500. The van der Waals surface area contributed by atoms with Crippen LogP contribution in [-0.2, 0) is 9.59 Å². The molecule has 0 aliphatic rings. The second kappa shape index (κ2) is 4.54. The second-order valence-electron chi connectivity index (χ2n) is 2.85. The van der Waals surface area contributed by atoms with E-state index in [0.29, 0.717) is 0 Å². The van der Waals surface area contributed by atoms with E-state index in [-0.39, 0.29) is 6.42 Å². The minimum absolute atomic E-state index is 0.236. The minimum Gasteiger partial charge on any atom is -0.481 e. The van der Waals surface area contributed by atoms with Crippen molar-refractivity contribution in [2.24, 2.45) is 11.7 Å². The highest BCUT2D eigenvalue weighted by Crippen LogP contribution is 2.07. The molecule has 4 nitrogen and oxygen atoms in total. The Bertz CT molecular complexity index is 216. The molecule has 1 amide bonds. The minimum atomic E-state index is -1.02. The maximum absolute atomic E-state index is 10.7. The predicted molar refractivity (Wildman–Crippen MR) is 44.4 cm³/mol. The van der Waals surface area contributed by atoms with Gasteiger partial charge in [0.2, 0.25) is 5.91 Å². The molecule has 3 N–H and O–H groups in total. The van der Waals surface area contributed by atoms with Crippen LogP contribution in [0.25, 0.3) is 0 Å². The molecule has 0 saturated carbocycles. The molecule has 0 aromatic heterocycles. The lowest BCUT2D eigenvalue weighted by atomic mass is 10.0. The molecule has 0 radical (unpaired) electrons. The normalized spacial score (nSPS) is 11.8. The van der Waals surface area contributed by atoms with E-state index in [1.807, 2.05) is 0 Å². The van der Waals surface area contributed by atoms with Crippen LogP contribution in [0, 0.1) is 5.92 Å². The Labute approximate surface area is 71.1 Å². The van der Waals surface area contributed by atoms with Crippen molar-refractivity contribution in [2.75, 3.05) is 0 Å². The van der Waals surface area contributed by atoms with Crippen molar-refractivity contribution in [3.8, 4) is 0 Å². The van der Waals surface area contributed by atoms with Crippen LogP contribution in [-0.4, -0.2) is 17.0 Å². The summed E-state index contributed by atoms with van der Waals surface area (Å²) in [5, 5.41) is 8.41. The summed E-state index contributed by atoms with van der Waals surface area (Å²) in [6, 6.07) is 0. The first kappa shape index (κ1) is 10.7. The van der Waals surface area contributed by atoms with E-state index in [2.05, 4.69) is 0 Å². The molecular formula is C8H13NO3. The molecule has 0 saturated heterocycles. The monoisotopic (exact) mass is 171 g/mol. The number of carbonyl (C=O) groups excluding carboxylic acids is 1. The summed E-state index contributed by atoms with van der Waals surface area (Å²) in [5.41, 5.74) is 5.88. The van der Waals surface area contributed by atoms with Crippen molar-refractivity contribution in [1.29, 1.82) is 0 Å². The lowest BCUT2D eigenvalue weighted by molar-refractivity contribution is -0.139. The summed E-state index contributed by atoms with van der Waals surface area (Å²) < 4.78 is 0. The van der Waals surface area contributed by atoms with E-state index in [1.54, 1.807) is 19.9 Å². The van der Waals surface area contributed by atoms with Crippen molar-refractivity contribution in [2.45, 2.75) is 20.3 Å². The average Bonchev–Trinajstić information content (AvgIpc) is 1.83. The van der Waals surface area contributed by atoms with E-state index in [4.69, 9.17) is 10.8 Å². The molecular weight excluding hydrogens is 158 g/mol. The summed E-state index contributed by atoms with van der Waals surface area (Å²) in [7, 11) is 0. The fourth-order valence-corrected chi connectivity index (χ4v) is 0.832. The van der Waals surface area contributed by atoms with Gasteiger partial charge in [0, 0.05) is 0 Å². The Kier molecular flexibility index (Phi) is 4.04. The number of hydrogen-bond donors (Lipinski definition) is 2. The van der Waals surface area contributed by atoms with Crippen LogP contribution in [0.15, 0.2) is 11.6 Å². The lowest BCUT2D eigenvalue weighted by Crippen LogP contribution is -2.24. The van der Waals surface area contributed by atoms with Crippen molar-refractivity contribution >= 4 is 11.9 Å². The average molecular weight is 171 g/mol. The SMILES string of the molecule is CC(C)=CC(CC(=O)O)C(N)=O. The number of carboxylic acid groups (broad SMARTS) is 1. The Morgan fingerprint density at radius 1 is 1.50 bits per heavy atom. The second-order valence-corrected chi connectivity index (χ2v) is 2.85. The molecule has 1 atom stereocenters. The van der Waals surface area contributed by atoms with Gasteiger partial charge in [-0.2, -0.15) is 0 Å². The molecule has 0 bridgehead atoms. The predicted octanol–water partition coefficient (Wildman–Crippen LogP) is 0.529. The van der Waals surface area contributed by atoms with Crippen LogP contribution in [0.3, 0.4) is 0 Å². The summed E-state index contributed by atoms with van der Waals surface area (Å²) in [4.78, 5) is 20.9. The van der Waals surface area contributed by atoms with Crippen LogP contribution in [0.1, 0.15) is 20.3 Å². The Balaban J connectivity index is 4.35. The zero-order valence-electron chi connectivity index (χ0n) is 7.20. The van der Waals surface area contributed by atoms with E-state index in [9.17, 15) is 9.59 Å². The highest BCUT2D eigenvalue weighted by Gasteiger charge is 2.15. The van der Waals surface area contributed by atoms with Crippen LogP contribution < -0.4 is 5.73 Å². The van der Waals surface area contributed by atoms with Gasteiger partial charge >= 0.3 is 5.97 Å². The van der Waals surface area contributed by atoms with Crippen LogP contribution in [0.4, 0.5) is 0 Å². The summed E-state index contributed by atoms with van der Waals surface area (Å²) >= 11 is 0. The zero-order chi connectivity index (χ0) is 9.72. The smallest absolute Gasteiger partial charge is 0.304 e. The van der Waals surface area contributed by atoms with Gasteiger partial charge in [-0.05, 0) is 13.8 Å². The maximum atomic E-state index is 10.7. The molecule has 0 aliphatic carbocycles. The third-order valence-corrected chi connectivity index (χ3v) is 1.29. The van der Waals surface area contributed by atoms with Crippen molar-refractivity contribution < 1.29 is 14.7 Å². The first-order valence-corrected chi connectivity index (χ1v) is 3.59. The number of carbonyl (C=O) groups is 2. The Hall–Kier alpha value is -1.32. The van der Waals surface area contributed by atoms with E-state index in [0.717, 1.165) is 5.57 Å². The third-order valence-electron chi connectivity index (χ3n) is 1.29. The molecule has 68 valence electrons. The first-order chi connectivity index (χ1) is 5.43. The van der Waals surface area contributed by atoms with E-state index >= 15 is 0 Å². The molecule has 1 unspecified atom stereocenters. The standard InChI is InChI=1S/C8H13NO3/c1-5(2)3-6(8(9)12)4-7(10)11/h3,6H,4H2,1-2H3,(H2,9,12)(H,10,11). The van der Waals surface area contributed by atoms with Crippen LogP contribution in [0.5, 0.6) is 0 Å². The van der Waals surface area contributed by atoms with E-state index in [1.165, 1.54) is 0 Å². The van der Waals surface area contributed by atoms with E-state index < -0.39 is 17.8 Å². The van der Waals surface area contributed by atoms with Gasteiger partial charge in [-0.15, -0.1) is 0 Å². The highest BCUT2D eigenvalue weighted by molar-refractivity contribution is 5.83. The van der Waals surface area contributed by atoms with Gasteiger partial charge in [-0.3, -0.25) is 9.59 Å². The number of hydrogen-bond acceptors (Lipinski definition) is 2. The van der Waals surface area contributed by atoms with Gasteiger partial charge in [0.25, 0.3) is 0 Å². The molecule has 4 heteroatoms. The van der Waals surface area contributed by atoms with Crippen molar-refractivity contribution in [3.05, 3.63) is 11.6 Å². The molecule has 12 heavy (non-hydrogen) atoms. The van der Waals surface area contributed by atoms with Crippen molar-refractivity contribution in [1.82, 2.24) is 0 Å². The van der Waals surface area contributed by atoms with Crippen molar-refractivity contribution in [3.63, 3.8) is 0 Å². The highest BCUT2D eigenvalue weighted by atomic mass is 16.4. The van der Waals surface area contributed by atoms with Gasteiger partial charge < -0.3 is 10.8 Å². The van der Waals surface area contributed by atoms with Gasteiger partial charge in [0.1, 0.15) is 0 Å². The molecule has 0 heterocycles. The number of primary amides is 1. The van der Waals surface area contributed by atoms with Gasteiger partial charge in [-0.1, -0.05) is 11.6 Å². The third kappa shape index (κ3) is 4.49. The quantitative estimate of drug-likeness (QED) is 0.605. The molecule has 0 spiro atoms. The van der Waals surface area contributed by atoms with Gasteiger partial charge in [0.15, 0.2) is 0 Å². The number of rotatable bonds is 4.